The molecule has 1 aliphatic rings. The predicted octanol–water partition coefficient (Wildman–Crippen LogP) is 1.93. The molecular weight excluding hydrogens is 314 g/mol. The van der Waals surface area contributed by atoms with Gasteiger partial charge < -0.3 is 25.2 Å². The lowest BCUT2D eigenvalue weighted by molar-refractivity contribution is 0.0587. The number of urea groups is 1. The molecule has 0 aliphatic carbocycles. The quantitative estimate of drug-likeness (QED) is 0.736. The number of anilines is 2. The lowest BCUT2D eigenvalue weighted by Gasteiger charge is -2.22. The SMILES string of the molecule is CC[C@@](C)(O)CNC(=O)Nc1ccc(N2CCOC2=O)c(OC)c1. The maximum atomic E-state index is 11.9. The van der Waals surface area contributed by atoms with Crippen LogP contribution in [0.15, 0.2) is 18.2 Å². The Hall–Kier alpha value is -2.48. The van der Waals surface area contributed by atoms with E-state index in [1.54, 1.807) is 25.1 Å². The number of carbonyl (C=O) groups excluding carboxylic acids is 2. The predicted molar refractivity (Wildman–Crippen MR) is 89.6 cm³/mol. The molecule has 0 bridgehead atoms. The van der Waals surface area contributed by atoms with Gasteiger partial charge in [-0.15, -0.1) is 0 Å². The van der Waals surface area contributed by atoms with Crippen LogP contribution in [0.25, 0.3) is 0 Å². The van der Waals surface area contributed by atoms with Crippen molar-refractivity contribution in [1.82, 2.24) is 5.32 Å². The van der Waals surface area contributed by atoms with E-state index in [2.05, 4.69) is 10.6 Å². The van der Waals surface area contributed by atoms with Crippen LogP contribution in [-0.4, -0.2) is 49.6 Å². The molecule has 1 aromatic rings. The fraction of sp³-hybridized carbons (Fsp3) is 0.500. The van der Waals surface area contributed by atoms with Gasteiger partial charge in [-0.1, -0.05) is 6.92 Å². The number of nitrogens with one attached hydrogen (secondary N) is 2. The summed E-state index contributed by atoms with van der Waals surface area (Å²) in [6, 6.07) is 4.54. The second-order valence-electron chi connectivity index (χ2n) is 5.81. The summed E-state index contributed by atoms with van der Waals surface area (Å²) in [6.07, 6.45) is 0.107. The highest BCUT2D eigenvalue weighted by Gasteiger charge is 2.26. The van der Waals surface area contributed by atoms with Crippen molar-refractivity contribution in [1.29, 1.82) is 0 Å². The zero-order chi connectivity index (χ0) is 17.7. The van der Waals surface area contributed by atoms with Crippen molar-refractivity contribution in [3.8, 4) is 5.75 Å². The number of aliphatic hydroxyl groups is 1. The lowest BCUT2D eigenvalue weighted by Crippen LogP contribution is -2.41. The smallest absolute Gasteiger partial charge is 0.414 e. The number of hydrogen-bond donors (Lipinski definition) is 3. The Bertz CT molecular complexity index is 618. The average Bonchev–Trinajstić information content (AvgIpc) is 2.99. The Morgan fingerprint density at radius 3 is 2.83 bits per heavy atom. The van der Waals surface area contributed by atoms with Crippen LogP contribution < -0.4 is 20.3 Å². The Morgan fingerprint density at radius 1 is 1.50 bits per heavy atom. The molecule has 1 heterocycles. The molecule has 2 rings (SSSR count). The molecule has 1 atom stereocenters. The van der Waals surface area contributed by atoms with E-state index >= 15 is 0 Å². The highest BCUT2D eigenvalue weighted by molar-refractivity contribution is 5.93. The van der Waals surface area contributed by atoms with Crippen molar-refractivity contribution >= 4 is 23.5 Å². The fourth-order valence-corrected chi connectivity index (χ4v) is 2.16. The van der Waals surface area contributed by atoms with Crippen molar-refractivity contribution in [3.63, 3.8) is 0 Å². The third-order valence-corrected chi connectivity index (χ3v) is 3.88. The summed E-state index contributed by atoms with van der Waals surface area (Å²) in [4.78, 5) is 25.0. The lowest BCUT2D eigenvalue weighted by atomic mass is 10.0. The minimum absolute atomic E-state index is 0.143. The summed E-state index contributed by atoms with van der Waals surface area (Å²) < 4.78 is 10.2. The third-order valence-electron chi connectivity index (χ3n) is 3.88. The van der Waals surface area contributed by atoms with Gasteiger partial charge in [0, 0.05) is 18.3 Å². The molecule has 3 N–H and O–H groups in total. The van der Waals surface area contributed by atoms with Gasteiger partial charge in [0.05, 0.1) is 24.9 Å². The molecule has 0 saturated carbocycles. The number of cyclic esters (lactones) is 1. The minimum atomic E-state index is -0.949. The maximum absolute atomic E-state index is 11.9. The van der Waals surface area contributed by atoms with Crippen LogP contribution in [0.4, 0.5) is 21.0 Å². The summed E-state index contributed by atoms with van der Waals surface area (Å²) >= 11 is 0. The van der Waals surface area contributed by atoms with Gasteiger partial charge in [0.15, 0.2) is 0 Å². The van der Waals surface area contributed by atoms with Crippen molar-refractivity contribution in [2.24, 2.45) is 0 Å². The van der Waals surface area contributed by atoms with Gasteiger partial charge >= 0.3 is 12.1 Å². The number of amides is 3. The van der Waals surface area contributed by atoms with Crippen molar-refractivity contribution in [2.45, 2.75) is 25.9 Å². The van der Waals surface area contributed by atoms with Crippen LogP contribution >= 0.6 is 0 Å². The first-order chi connectivity index (χ1) is 11.4. The standard InChI is InChI=1S/C16H23N3O5/c1-4-16(2,22)10-17-14(20)18-11-5-6-12(13(9-11)23-3)19-7-8-24-15(19)21/h5-6,9,22H,4,7-8,10H2,1-3H3,(H2,17,18,20)/t16-/m1/s1. The van der Waals surface area contributed by atoms with Crippen molar-refractivity contribution < 1.29 is 24.2 Å². The van der Waals surface area contributed by atoms with Crippen LogP contribution in [-0.2, 0) is 4.74 Å². The minimum Gasteiger partial charge on any atom is -0.494 e. The van der Waals surface area contributed by atoms with E-state index < -0.39 is 17.7 Å². The molecule has 0 radical (unpaired) electrons. The molecule has 0 unspecified atom stereocenters. The van der Waals surface area contributed by atoms with Gasteiger partial charge in [0.2, 0.25) is 0 Å². The number of ether oxygens (including phenoxy) is 2. The van der Waals surface area contributed by atoms with E-state index in [0.717, 1.165) is 0 Å². The van der Waals surface area contributed by atoms with Gasteiger partial charge in [0.1, 0.15) is 12.4 Å². The van der Waals surface area contributed by atoms with Crippen LogP contribution in [0.5, 0.6) is 5.75 Å². The number of methoxy groups -OCH3 is 1. The number of carbonyl (C=O) groups is 2. The molecule has 3 amide bonds. The van der Waals surface area contributed by atoms with E-state index in [9.17, 15) is 14.7 Å². The van der Waals surface area contributed by atoms with Crippen molar-refractivity contribution in [2.75, 3.05) is 37.0 Å². The molecule has 132 valence electrons. The zero-order valence-corrected chi connectivity index (χ0v) is 14.1. The molecule has 8 heteroatoms. The maximum Gasteiger partial charge on any atom is 0.414 e. The van der Waals surface area contributed by atoms with E-state index in [-0.39, 0.29) is 6.54 Å². The molecule has 1 aromatic carbocycles. The Labute approximate surface area is 140 Å². The summed E-state index contributed by atoms with van der Waals surface area (Å²) in [5, 5.41) is 15.2. The zero-order valence-electron chi connectivity index (χ0n) is 14.1. The summed E-state index contributed by atoms with van der Waals surface area (Å²) in [6.45, 7) is 4.42. The summed E-state index contributed by atoms with van der Waals surface area (Å²) in [5.41, 5.74) is 0.145. The third kappa shape index (κ3) is 4.29. The van der Waals surface area contributed by atoms with Gasteiger partial charge in [0.25, 0.3) is 0 Å². The average molecular weight is 337 g/mol. The van der Waals surface area contributed by atoms with E-state index in [1.807, 2.05) is 6.92 Å². The van der Waals surface area contributed by atoms with E-state index in [4.69, 9.17) is 9.47 Å². The largest absolute Gasteiger partial charge is 0.494 e. The van der Waals surface area contributed by atoms with Gasteiger partial charge in [-0.2, -0.15) is 0 Å². The Morgan fingerprint density at radius 2 is 2.25 bits per heavy atom. The highest BCUT2D eigenvalue weighted by Crippen LogP contribution is 2.32. The number of benzene rings is 1. The fourth-order valence-electron chi connectivity index (χ4n) is 2.16. The summed E-state index contributed by atoms with van der Waals surface area (Å²) in [7, 11) is 1.49. The number of hydrogen-bond acceptors (Lipinski definition) is 5. The molecule has 0 spiro atoms. The normalized spacial score (nSPS) is 16.3. The van der Waals surface area contributed by atoms with Crippen LogP contribution in [0.3, 0.4) is 0 Å². The molecule has 1 fully saturated rings. The monoisotopic (exact) mass is 337 g/mol. The van der Waals surface area contributed by atoms with Crippen molar-refractivity contribution in [3.05, 3.63) is 18.2 Å². The molecule has 24 heavy (non-hydrogen) atoms. The topological polar surface area (TPSA) is 100 Å². The van der Waals surface area contributed by atoms with Crippen LogP contribution in [0.2, 0.25) is 0 Å². The Balaban J connectivity index is 2.04. The Kier molecular flexibility index (Phi) is 5.50. The first kappa shape index (κ1) is 17.9. The first-order valence-electron chi connectivity index (χ1n) is 7.76. The molecule has 1 aliphatic heterocycles. The second kappa shape index (κ2) is 7.39. The molecule has 0 aromatic heterocycles. The van der Waals surface area contributed by atoms with Gasteiger partial charge in [-0.05, 0) is 25.5 Å². The molecule has 1 saturated heterocycles. The van der Waals surface area contributed by atoms with E-state index in [1.165, 1.54) is 12.0 Å². The highest BCUT2D eigenvalue weighted by atomic mass is 16.6. The number of nitrogens with zero attached hydrogens (tertiary/aromatic N) is 1. The van der Waals surface area contributed by atoms with E-state index in [0.29, 0.717) is 36.7 Å². The second-order valence-corrected chi connectivity index (χ2v) is 5.81. The number of rotatable bonds is 6. The summed E-state index contributed by atoms with van der Waals surface area (Å²) in [5.74, 6) is 0.451. The van der Waals surface area contributed by atoms with Crippen LogP contribution in [0.1, 0.15) is 20.3 Å². The molecule has 8 nitrogen and oxygen atoms in total. The molecular formula is C16H23N3O5. The van der Waals surface area contributed by atoms with Gasteiger partial charge in [-0.25, -0.2) is 9.59 Å². The van der Waals surface area contributed by atoms with Crippen LogP contribution in [0, 0.1) is 0 Å². The first-order valence-corrected chi connectivity index (χ1v) is 7.76. The van der Waals surface area contributed by atoms with Gasteiger partial charge in [-0.3, -0.25) is 4.90 Å².